The number of carbonyl (C=O) groups excluding carboxylic acids is 2. The standard InChI is InChI=1S/C24H22N4O6S2/c1-4-33-19-13-15(9-10-18(19)34-22(30)16-8-6-7-14(3)11-16)12-17-20(25)28-23(26-21(17)29)35-24(27-28)36(31,32)5-2/h6-13,25H,4-5H2,1-3H3/b17-12-,25-20?. The van der Waals surface area contributed by atoms with Gasteiger partial charge in [0, 0.05) is 0 Å². The van der Waals surface area contributed by atoms with Crippen LogP contribution in [0.2, 0.25) is 0 Å². The van der Waals surface area contributed by atoms with Crippen molar-refractivity contribution in [2.45, 2.75) is 20.8 Å². The molecular formula is C24H22N4O6S2. The number of sulfone groups is 1. The predicted octanol–water partition coefficient (Wildman–Crippen LogP) is 3.62. The molecule has 36 heavy (non-hydrogen) atoms. The van der Waals surface area contributed by atoms with Crippen LogP contribution in [-0.4, -0.2) is 53.0 Å². The van der Waals surface area contributed by atoms with Crippen LogP contribution < -0.4 is 9.47 Å². The summed E-state index contributed by atoms with van der Waals surface area (Å²) in [5.74, 6) is -1.23. The van der Waals surface area contributed by atoms with Crippen molar-refractivity contribution < 1.29 is 27.5 Å². The second-order valence-corrected chi connectivity index (χ2v) is 11.1. The molecule has 0 fully saturated rings. The number of hydrogen-bond acceptors (Lipinski definition) is 9. The van der Waals surface area contributed by atoms with Crippen LogP contribution in [0.25, 0.3) is 6.08 Å². The molecule has 2 aliphatic rings. The Bertz CT molecular complexity index is 1480. The van der Waals surface area contributed by atoms with E-state index in [0.717, 1.165) is 22.3 Å². The van der Waals surface area contributed by atoms with Gasteiger partial charge in [0.05, 0.1) is 23.5 Å². The van der Waals surface area contributed by atoms with Crippen molar-refractivity contribution >= 4 is 54.9 Å². The second kappa shape index (κ2) is 10.1. The quantitative estimate of drug-likeness (QED) is 0.342. The predicted molar refractivity (Wildman–Crippen MR) is 138 cm³/mol. The lowest BCUT2D eigenvalue weighted by Gasteiger charge is -2.20. The first-order chi connectivity index (χ1) is 17.1. The van der Waals surface area contributed by atoms with Crippen LogP contribution in [0, 0.1) is 12.3 Å². The number of fused-ring (bicyclic) bond motifs is 1. The normalized spacial score (nSPS) is 16.5. The third kappa shape index (κ3) is 5.09. The zero-order valence-electron chi connectivity index (χ0n) is 19.6. The molecule has 1 N–H and O–H groups in total. The minimum atomic E-state index is -3.62. The fourth-order valence-electron chi connectivity index (χ4n) is 3.29. The number of nitrogens with one attached hydrogen (secondary N) is 1. The Balaban J connectivity index is 1.63. The molecule has 0 atom stereocenters. The average molecular weight is 527 g/mol. The molecule has 0 radical (unpaired) electrons. The van der Waals surface area contributed by atoms with Crippen LogP contribution in [0.5, 0.6) is 11.5 Å². The fourth-order valence-corrected chi connectivity index (χ4v) is 5.45. The summed E-state index contributed by atoms with van der Waals surface area (Å²) in [6.45, 7) is 5.43. The van der Waals surface area contributed by atoms with E-state index in [4.69, 9.17) is 14.9 Å². The molecule has 0 saturated heterocycles. The number of aliphatic imine (C=N–C) groups is 1. The van der Waals surface area contributed by atoms with Gasteiger partial charge in [-0.25, -0.2) is 13.2 Å². The number of benzene rings is 2. The number of aryl methyl sites for hydroxylation is 1. The Morgan fingerprint density at radius 3 is 2.64 bits per heavy atom. The molecule has 2 heterocycles. The van der Waals surface area contributed by atoms with E-state index in [-0.39, 0.29) is 38.2 Å². The lowest BCUT2D eigenvalue weighted by atomic mass is 10.1. The molecule has 12 heteroatoms. The second-order valence-electron chi connectivity index (χ2n) is 7.69. The molecule has 4 rings (SSSR count). The third-order valence-corrected chi connectivity index (χ3v) is 8.21. The molecule has 1 amide bonds. The molecule has 186 valence electrons. The van der Waals surface area contributed by atoms with E-state index in [1.54, 1.807) is 37.3 Å². The Kier molecular flexibility index (Phi) is 7.09. The minimum Gasteiger partial charge on any atom is -0.490 e. The van der Waals surface area contributed by atoms with E-state index in [1.165, 1.54) is 19.1 Å². The Labute approximate surface area is 212 Å². The van der Waals surface area contributed by atoms with Crippen LogP contribution in [0.1, 0.15) is 35.3 Å². The number of carbonyl (C=O) groups is 2. The van der Waals surface area contributed by atoms with Crippen LogP contribution in [0.15, 0.2) is 58.1 Å². The van der Waals surface area contributed by atoms with Gasteiger partial charge >= 0.3 is 5.97 Å². The summed E-state index contributed by atoms with van der Waals surface area (Å²) >= 11 is 0.738. The molecule has 0 bridgehead atoms. The van der Waals surface area contributed by atoms with Crippen molar-refractivity contribution in [3.05, 3.63) is 64.7 Å². The highest BCUT2D eigenvalue weighted by atomic mass is 32.3. The number of esters is 1. The van der Waals surface area contributed by atoms with Gasteiger partial charge in [-0.2, -0.15) is 10.0 Å². The van der Waals surface area contributed by atoms with Gasteiger partial charge < -0.3 is 9.47 Å². The maximum atomic E-state index is 12.6. The molecule has 0 aliphatic carbocycles. The Morgan fingerprint density at radius 1 is 1.17 bits per heavy atom. The SMILES string of the molecule is CCOc1cc(/C=C2/C(=N)N3N=C(S(=O)(=O)CC)SC3=NC2=O)ccc1OC(=O)c1cccc(C)c1. The number of ether oxygens (including phenoxy) is 2. The molecular weight excluding hydrogens is 504 g/mol. The zero-order chi connectivity index (χ0) is 26.0. The molecule has 0 spiro atoms. The largest absolute Gasteiger partial charge is 0.490 e. The summed E-state index contributed by atoms with van der Waals surface area (Å²) in [6.07, 6.45) is 1.42. The van der Waals surface area contributed by atoms with E-state index < -0.39 is 21.7 Å². The van der Waals surface area contributed by atoms with Crippen molar-refractivity contribution in [2.75, 3.05) is 12.4 Å². The van der Waals surface area contributed by atoms with Gasteiger partial charge in [-0.15, -0.1) is 5.10 Å². The fraction of sp³-hybridized carbons (Fsp3) is 0.208. The van der Waals surface area contributed by atoms with E-state index in [1.807, 2.05) is 13.0 Å². The zero-order valence-corrected chi connectivity index (χ0v) is 21.3. The molecule has 10 nitrogen and oxygen atoms in total. The highest BCUT2D eigenvalue weighted by Gasteiger charge is 2.39. The summed E-state index contributed by atoms with van der Waals surface area (Å²) in [5, 5.41) is 13.5. The van der Waals surface area contributed by atoms with Crippen LogP contribution >= 0.6 is 11.8 Å². The maximum Gasteiger partial charge on any atom is 0.343 e. The molecule has 0 saturated carbocycles. The summed E-state index contributed by atoms with van der Waals surface area (Å²) < 4.78 is 35.3. The van der Waals surface area contributed by atoms with Crippen LogP contribution in [-0.2, 0) is 14.6 Å². The Morgan fingerprint density at radius 2 is 1.94 bits per heavy atom. The number of hydrazone groups is 1. The van der Waals surface area contributed by atoms with Gasteiger partial charge in [-0.05, 0) is 61.5 Å². The van der Waals surface area contributed by atoms with Crippen molar-refractivity contribution in [2.24, 2.45) is 10.1 Å². The first-order valence-corrected chi connectivity index (χ1v) is 13.4. The molecule has 0 aromatic heterocycles. The van der Waals surface area contributed by atoms with E-state index in [0.29, 0.717) is 17.7 Å². The van der Waals surface area contributed by atoms with E-state index >= 15 is 0 Å². The van der Waals surface area contributed by atoms with E-state index in [2.05, 4.69) is 10.1 Å². The molecule has 2 aromatic carbocycles. The number of amidine groups is 2. The van der Waals surface area contributed by atoms with Gasteiger partial charge in [0.2, 0.25) is 19.4 Å². The van der Waals surface area contributed by atoms with Crippen molar-refractivity contribution in [1.82, 2.24) is 5.01 Å². The number of hydrogen-bond donors (Lipinski definition) is 1. The monoisotopic (exact) mass is 526 g/mol. The lowest BCUT2D eigenvalue weighted by molar-refractivity contribution is -0.114. The first kappa shape index (κ1) is 25.3. The van der Waals surface area contributed by atoms with Crippen molar-refractivity contribution in [3.8, 4) is 11.5 Å². The topological polar surface area (TPSA) is 139 Å². The Hall–Kier alpha value is -3.77. The molecule has 2 aromatic rings. The van der Waals surface area contributed by atoms with Gasteiger partial charge in [0.25, 0.3) is 5.91 Å². The van der Waals surface area contributed by atoms with Crippen LogP contribution in [0.4, 0.5) is 0 Å². The summed E-state index contributed by atoms with van der Waals surface area (Å²) in [5.41, 5.74) is 1.72. The number of amides is 1. The lowest BCUT2D eigenvalue weighted by Crippen LogP contribution is -2.35. The van der Waals surface area contributed by atoms with Crippen LogP contribution in [0.3, 0.4) is 0 Å². The van der Waals surface area contributed by atoms with Gasteiger partial charge in [0.1, 0.15) is 0 Å². The average Bonchev–Trinajstić information content (AvgIpc) is 3.28. The number of thioether (sulfide) groups is 1. The summed E-state index contributed by atoms with van der Waals surface area (Å²) in [6, 6.07) is 11.7. The smallest absolute Gasteiger partial charge is 0.343 e. The minimum absolute atomic E-state index is 0.0163. The van der Waals surface area contributed by atoms with Gasteiger partial charge in [-0.3, -0.25) is 10.2 Å². The highest BCUT2D eigenvalue weighted by molar-refractivity contribution is 8.42. The molecule has 0 unspecified atom stereocenters. The number of nitrogens with zero attached hydrogens (tertiary/aromatic N) is 3. The van der Waals surface area contributed by atoms with Crippen molar-refractivity contribution in [3.63, 3.8) is 0 Å². The highest BCUT2D eigenvalue weighted by Crippen LogP contribution is 2.33. The maximum absolute atomic E-state index is 12.6. The number of rotatable bonds is 6. The van der Waals surface area contributed by atoms with Crippen molar-refractivity contribution in [1.29, 1.82) is 5.41 Å². The third-order valence-electron chi connectivity index (χ3n) is 5.12. The first-order valence-electron chi connectivity index (χ1n) is 10.9. The molecule has 2 aliphatic heterocycles. The van der Waals surface area contributed by atoms with Gasteiger partial charge in [-0.1, -0.05) is 30.7 Å². The summed E-state index contributed by atoms with van der Waals surface area (Å²) in [4.78, 5) is 29.1. The van der Waals surface area contributed by atoms with Gasteiger partial charge in [0.15, 0.2) is 17.3 Å². The van der Waals surface area contributed by atoms with E-state index in [9.17, 15) is 18.0 Å². The summed E-state index contributed by atoms with van der Waals surface area (Å²) in [7, 11) is -3.62.